The fourth-order valence-electron chi connectivity index (χ4n) is 4.29. The number of fused-ring (bicyclic) bond motifs is 2. The molecule has 0 bridgehead atoms. The minimum absolute atomic E-state index is 0.173. The first-order valence-corrected chi connectivity index (χ1v) is 10.3. The Hall–Kier alpha value is -2.89. The molecule has 178 valence electrons. The molecule has 0 saturated carbocycles. The van der Waals surface area contributed by atoms with Crippen molar-refractivity contribution in [2.45, 2.75) is 44.6 Å². The van der Waals surface area contributed by atoms with Gasteiger partial charge in [-0.15, -0.1) is 0 Å². The highest BCUT2D eigenvalue weighted by molar-refractivity contribution is 6.10. The van der Waals surface area contributed by atoms with Gasteiger partial charge in [0.1, 0.15) is 47.4 Å². The monoisotopic (exact) mass is 462 g/mol. The maximum absolute atomic E-state index is 12.7. The molecular formula is C23H26O10. The fourth-order valence-corrected chi connectivity index (χ4v) is 4.29. The summed E-state index contributed by atoms with van der Waals surface area (Å²) < 4.78 is 27.8. The smallest absolute Gasteiger partial charge is 0.344 e. The summed E-state index contributed by atoms with van der Waals surface area (Å²) in [5.74, 6) is 1.40. The highest BCUT2D eigenvalue weighted by Crippen LogP contribution is 2.44. The van der Waals surface area contributed by atoms with E-state index in [-0.39, 0.29) is 5.75 Å². The number of methoxy groups -OCH3 is 2. The van der Waals surface area contributed by atoms with Crippen molar-refractivity contribution in [1.29, 1.82) is 0 Å². The van der Waals surface area contributed by atoms with Gasteiger partial charge in [0.2, 0.25) is 6.29 Å². The highest BCUT2D eigenvalue weighted by Gasteiger charge is 2.45. The third-order valence-corrected chi connectivity index (χ3v) is 5.92. The van der Waals surface area contributed by atoms with Gasteiger partial charge in [-0.05, 0) is 31.5 Å². The van der Waals surface area contributed by atoms with Crippen LogP contribution in [-0.4, -0.2) is 72.0 Å². The molecule has 1 fully saturated rings. The van der Waals surface area contributed by atoms with E-state index in [1.165, 1.54) is 20.3 Å². The van der Waals surface area contributed by atoms with Gasteiger partial charge < -0.3 is 43.8 Å². The van der Waals surface area contributed by atoms with Gasteiger partial charge in [0.05, 0.1) is 26.2 Å². The molecule has 0 aliphatic carbocycles. The van der Waals surface area contributed by atoms with Crippen LogP contribution in [0.1, 0.15) is 11.3 Å². The molecule has 33 heavy (non-hydrogen) atoms. The number of hydrogen-bond donors (Lipinski definition) is 4. The number of aliphatic hydroxyl groups excluding tert-OH is 4. The van der Waals surface area contributed by atoms with Crippen molar-refractivity contribution >= 4 is 21.5 Å². The average molecular weight is 462 g/mol. The van der Waals surface area contributed by atoms with Gasteiger partial charge in [-0.1, -0.05) is 0 Å². The van der Waals surface area contributed by atoms with Gasteiger partial charge in [0.15, 0.2) is 0 Å². The number of hydrogen-bond acceptors (Lipinski definition) is 10. The van der Waals surface area contributed by atoms with E-state index >= 15 is 0 Å². The summed E-state index contributed by atoms with van der Waals surface area (Å²) in [6, 6.07) is 4.97. The Kier molecular flexibility index (Phi) is 6.21. The molecular weight excluding hydrogens is 436 g/mol. The lowest BCUT2D eigenvalue weighted by atomic mass is 9.96. The summed E-state index contributed by atoms with van der Waals surface area (Å²) in [4.78, 5) is 12.7. The van der Waals surface area contributed by atoms with E-state index in [9.17, 15) is 25.2 Å². The van der Waals surface area contributed by atoms with E-state index in [2.05, 4.69) is 0 Å². The number of aliphatic hydroxyl groups is 4. The Morgan fingerprint density at radius 3 is 2.27 bits per heavy atom. The van der Waals surface area contributed by atoms with Crippen LogP contribution in [0.4, 0.5) is 0 Å². The van der Waals surface area contributed by atoms with Gasteiger partial charge >= 0.3 is 5.63 Å². The summed E-state index contributed by atoms with van der Waals surface area (Å²) in [6.45, 7) is 2.80. The van der Waals surface area contributed by atoms with Crippen LogP contribution in [0.25, 0.3) is 21.5 Å². The molecule has 2 aromatic carbocycles. The van der Waals surface area contributed by atoms with Crippen LogP contribution in [0.2, 0.25) is 0 Å². The second kappa shape index (κ2) is 8.81. The standard InChI is InChI=1S/C23H26O10/c1-9-5-12-17(22(28)31-9)10(2)16-13(21(12)30-4)6-11(29-3)7-14(16)32-23-20(27)19(26)18(25)15(8-24)33-23/h5-7,15,18-20,23-27H,8H2,1-4H3. The fraction of sp³-hybridized carbons (Fsp3) is 0.435. The van der Waals surface area contributed by atoms with Crippen LogP contribution in [0.5, 0.6) is 17.2 Å². The largest absolute Gasteiger partial charge is 0.497 e. The average Bonchev–Trinajstić information content (AvgIpc) is 2.78. The third kappa shape index (κ3) is 3.79. The molecule has 1 aliphatic rings. The van der Waals surface area contributed by atoms with Crippen LogP contribution in [0.15, 0.2) is 27.4 Å². The molecule has 1 aliphatic heterocycles. The number of benzene rings is 2. The molecule has 1 saturated heterocycles. The molecule has 5 atom stereocenters. The van der Waals surface area contributed by atoms with Crippen LogP contribution in [0, 0.1) is 13.8 Å². The molecule has 0 amide bonds. The molecule has 10 heteroatoms. The molecule has 0 radical (unpaired) electrons. The van der Waals surface area contributed by atoms with Gasteiger partial charge in [0.25, 0.3) is 0 Å². The highest BCUT2D eigenvalue weighted by atomic mass is 16.7. The van der Waals surface area contributed by atoms with Crippen LogP contribution in [0.3, 0.4) is 0 Å². The predicted octanol–water partition coefficient (Wildman–Crippen LogP) is 0.759. The number of rotatable bonds is 5. The molecule has 2 heterocycles. The molecule has 10 nitrogen and oxygen atoms in total. The van der Waals surface area contributed by atoms with Gasteiger partial charge in [-0.25, -0.2) is 4.79 Å². The van der Waals surface area contributed by atoms with E-state index in [4.69, 9.17) is 23.4 Å². The molecule has 4 N–H and O–H groups in total. The lowest BCUT2D eigenvalue weighted by molar-refractivity contribution is -0.277. The zero-order valence-corrected chi connectivity index (χ0v) is 18.6. The first kappa shape index (κ1) is 23.3. The van der Waals surface area contributed by atoms with E-state index in [1.807, 2.05) is 0 Å². The first-order valence-electron chi connectivity index (χ1n) is 10.3. The van der Waals surface area contributed by atoms with Crippen molar-refractivity contribution in [3.8, 4) is 17.2 Å². The van der Waals surface area contributed by atoms with Crippen molar-refractivity contribution in [1.82, 2.24) is 0 Å². The second-order valence-corrected chi connectivity index (χ2v) is 7.95. The van der Waals surface area contributed by atoms with Gasteiger partial charge in [-0.3, -0.25) is 0 Å². The third-order valence-electron chi connectivity index (χ3n) is 5.92. The lowest BCUT2D eigenvalue weighted by Gasteiger charge is -2.39. The quantitative estimate of drug-likeness (QED) is 0.401. The van der Waals surface area contributed by atoms with E-state index in [0.29, 0.717) is 44.4 Å². The topological polar surface area (TPSA) is 148 Å². The van der Waals surface area contributed by atoms with Crippen LogP contribution < -0.4 is 19.8 Å². The molecule has 3 aromatic rings. The predicted molar refractivity (Wildman–Crippen MR) is 117 cm³/mol. The number of ether oxygens (including phenoxy) is 4. The lowest BCUT2D eigenvalue weighted by Crippen LogP contribution is -2.60. The van der Waals surface area contributed by atoms with Crippen molar-refractivity contribution in [3.63, 3.8) is 0 Å². The summed E-state index contributed by atoms with van der Waals surface area (Å²) in [7, 11) is 2.95. The molecule has 1 aromatic heterocycles. The van der Waals surface area contributed by atoms with Crippen LogP contribution in [-0.2, 0) is 4.74 Å². The van der Waals surface area contributed by atoms with Crippen molar-refractivity contribution in [3.05, 3.63) is 39.9 Å². The first-order chi connectivity index (χ1) is 15.7. The maximum Gasteiger partial charge on any atom is 0.344 e. The van der Waals surface area contributed by atoms with E-state index in [0.717, 1.165) is 0 Å². The summed E-state index contributed by atoms with van der Waals surface area (Å²) in [6.07, 6.45) is -7.31. The van der Waals surface area contributed by atoms with Crippen molar-refractivity contribution < 1.29 is 43.8 Å². The molecule has 5 unspecified atom stereocenters. The Balaban J connectivity index is 1.97. The zero-order valence-electron chi connectivity index (χ0n) is 18.6. The second-order valence-electron chi connectivity index (χ2n) is 7.95. The summed E-state index contributed by atoms with van der Waals surface area (Å²) in [5, 5.41) is 42.0. The summed E-state index contributed by atoms with van der Waals surface area (Å²) in [5.41, 5.74) is -0.00546. The zero-order chi connectivity index (χ0) is 24.0. The van der Waals surface area contributed by atoms with E-state index in [1.54, 1.807) is 26.0 Å². The van der Waals surface area contributed by atoms with Gasteiger partial charge in [-0.2, -0.15) is 0 Å². The summed E-state index contributed by atoms with van der Waals surface area (Å²) >= 11 is 0. The Morgan fingerprint density at radius 1 is 0.939 bits per heavy atom. The van der Waals surface area contributed by atoms with E-state index < -0.39 is 42.9 Å². The van der Waals surface area contributed by atoms with Crippen molar-refractivity contribution in [2.75, 3.05) is 20.8 Å². The normalized spacial score (nSPS) is 25.4. The maximum atomic E-state index is 12.7. The number of aryl methyl sites for hydroxylation is 2. The SMILES string of the molecule is COc1cc(OC2OC(CO)C(O)C(O)C2O)c2c(C)c3c(=O)oc(C)cc3c(OC)c2c1. The van der Waals surface area contributed by atoms with Crippen LogP contribution >= 0.6 is 0 Å². The molecule has 0 spiro atoms. The molecule has 4 rings (SSSR count). The Morgan fingerprint density at radius 2 is 1.64 bits per heavy atom. The minimum atomic E-state index is -1.61. The Bertz CT molecular complexity index is 1250. The Labute approximate surface area is 188 Å². The van der Waals surface area contributed by atoms with Crippen molar-refractivity contribution in [2.24, 2.45) is 0 Å². The van der Waals surface area contributed by atoms with Gasteiger partial charge in [0, 0.05) is 22.2 Å². The minimum Gasteiger partial charge on any atom is -0.497 e.